The van der Waals surface area contributed by atoms with Crippen LogP contribution in [0.1, 0.15) is 38.2 Å². The third-order valence-electron chi connectivity index (χ3n) is 5.22. The molecule has 32 heavy (non-hydrogen) atoms. The number of aliphatic carboxylic acids is 1. The average Bonchev–Trinajstić information content (AvgIpc) is 3.26. The summed E-state index contributed by atoms with van der Waals surface area (Å²) in [6.07, 6.45) is 2.08. The van der Waals surface area contributed by atoms with Gasteiger partial charge in [-0.05, 0) is 38.2 Å². The zero-order valence-electron chi connectivity index (χ0n) is 18.0. The first-order valence-corrected chi connectivity index (χ1v) is 10.6. The first-order chi connectivity index (χ1) is 15.3. The number of aryl methyl sites for hydroxylation is 1. The third kappa shape index (κ3) is 7.80. The van der Waals surface area contributed by atoms with E-state index in [9.17, 15) is 29.6 Å². The molecule has 1 aliphatic heterocycles. The van der Waals surface area contributed by atoms with Crippen LogP contribution in [0.4, 0.5) is 0 Å². The number of amides is 1. The highest BCUT2D eigenvalue weighted by atomic mass is 16.9. The van der Waals surface area contributed by atoms with E-state index in [0.29, 0.717) is 32.2 Å². The van der Waals surface area contributed by atoms with Crippen LogP contribution in [0.3, 0.4) is 0 Å². The molecule has 0 aliphatic carbocycles. The molecule has 1 aromatic rings. The third-order valence-corrected chi connectivity index (χ3v) is 5.22. The number of hydrogen-bond donors (Lipinski definition) is 2. The number of hydrogen-bond acceptors (Lipinski definition) is 8. The van der Waals surface area contributed by atoms with Gasteiger partial charge >= 0.3 is 11.9 Å². The Kier molecular flexibility index (Phi) is 9.86. The van der Waals surface area contributed by atoms with Gasteiger partial charge in [0.2, 0.25) is 5.91 Å². The summed E-state index contributed by atoms with van der Waals surface area (Å²) in [6, 6.07) is 7.05. The highest BCUT2D eigenvalue weighted by Gasteiger charge is 2.37. The lowest BCUT2D eigenvalue weighted by Gasteiger charge is -2.28. The van der Waals surface area contributed by atoms with E-state index < -0.39 is 35.2 Å². The summed E-state index contributed by atoms with van der Waals surface area (Å²) in [5.74, 6) is -2.01. The second-order valence-corrected chi connectivity index (χ2v) is 7.57. The normalized spacial score (nSPS) is 17.4. The van der Waals surface area contributed by atoms with Crippen molar-refractivity contribution >= 4 is 17.8 Å². The van der Waals surface area contributed by atoms with Crippen molar-refractivity contribution in [2.24, 2.45) is 0 Å². The predicted molar refractivity (Wildman–Crippen MR) is 112 cm³/mol. The Labute approximate surface area is 185 Å². The fourth-order valence-electron chi connectivity index (χ4n) is 3.61. The van der Waals surface area contributed by atoms with Crippen LogP contribution >= 0.6 is 0 Å². The maximum atomic E-state index is 12.8. The van der Waals surface area contributed by atoms with Crippen molar-refractivity contribution in [3.63, 3.8) is 0 Å². The molecule has 2 rings (SSSR count). The Morgan fingerprint density at radius 2 is 2.00 bits per heavy atom. The summed E-state index contributed by atoms with van der Waals surface area (Å²) in [7, 11) is 0. The number of esters is 1. The Morgan fingerprint density at radius 1 is 1.28 bits per heavy atom. The van der Waals surface area contributed by atoms with Crippen molar-refractivity contribution in [3.05, 3.63) is 46.0 Å². The van der Waals surface area contributed by atoms with Gasteiger partial charge in [0.1, 0.15) is 12.1 Å². The first-order valence-electron chi connectivity index (χ1n) is 10.6. The fourth-order valence-corrected chi connectivity index (χ4v) is 3.61. The van der Waals surface area contributed by atoms with Gasteiger partial charge in [-0.25, -0.2) is 4.79 Å². The molecule has 176 valence electrons. The van der Waals surface area contributed by atoms with E-state index >= 15 is 0 Å². The Balaban J connectivity index is 1.97. The molecule has 0 spiro atoms. The molecule has 0 radical (unpaired) electrons. The molecule has 2 N–H and O–H groups in total. The van der Waals surface area contributed by atoms with Crippen molar-refractivity contribution in [3.8, 4) is 0 Å². The summed E-state index contributed by atoms with van der Waals surface area (Å²) in [5, 5.41) is 21.6. The SMILES string of the molecule is CC(NC(CCc1ccccc1)C(=O)OCCCO[N+](=O)[O-])C(=O)N1CCCC1C(=O)O. The second kappa shape index (κ2) is 12.6. The summed E-state index contributed by atoms with van der Waals surface area (Å²) >= 11 is 0. The lowest BCUT2D eigenvalue weighted by atomic mass is 10.0. The number of ether oxygens (including phenoxy) is 1. The van der Waals surface area contributed by atoms with Crippen LogP contribution in [-0.4, -0.2) is 70.8 Å². The van der Waals surface area contributed by atoms with Crippen molar-refractivity contribution < 1.29 is 34.2 Å². The van der Waals surface area contributed by atoms with Gasteiger partial charge in [0.25, 0.3) is 5.09 Å². The van der Waals surface area contributed by atoms with E-state index in [2.05, 4.69) is 10.2 Å². The second-order valence-electron chi connectivity index (χ2n) is 7.57. The molecular formula is C21H29N3O8. The molecule has 1 amide bonds. The highest BCUT2D eigenvalue weighted by molar-refractivity contribution is 5.88. The minimum atomic E-state index is -1.04. The Bertz CT molecular complexity index is 789. The van der Waals surface area contributed by atoms with Gasteiger partial charge in [0.15, 0.2) is 0 Å². The van der Waals surface area contributed by atoms with Crippen LogP contribution in [0, 0.1) is 10.1 Å². The van der Waals surface area contributed by atoms with E-state index in [1.54, 1.807) is 6.92 Å². The van der Waals surface area contributed by atoms with E-state index in [0.717, 1.165) is 5.56 Å². The summed E-state index contributed by atoms with van der Waals surface area (Å²) < 4.78 is 5.22. The zero-order valence-corrected chi connectivity index (χ0v) is 18.0. The van der Waals surface area contributed by atoms with Crippen LogP contribution in [0.5, 0.6) is 0 Å². The van der Waals surface area contributed by atoms with Crippen molar-refractivity contribution in [1.82, 2.24) is 10.2 Å². The fraction of sp³-hybridized carbons (Fsp3) is 0.571. The monoisotopic (exact) mass is 451 g/mol. The number of carboxylic acid groups (broad SMARTS) is 1. The Hall–Kier alpha value is -3.21. The maximum Gasteiger partial charge on any atom is 0.326 e. The van der Waals surface area contributed by atoms with Crippen LogP contribution in [0.15, 0.2) is 30.3 Å². The average molecular weight is 451 g/mol. The summed E-state index contributed by atoms with van der Waals surface area (Å²) in [5.41, 5.74) is 1.01. The van der Waals surface area contributed by atoms with Gasteiger partial charge < -0.3 is 19.6 Å². The standard InChI is InChI=1S/C21H29N3O8/c1-15(19(25)23-12-5-9-18(23)20(26)27)22-17(11-10-16-7-3-2-4-8-16)21(28)31-13-6-14-32-24(29)30/h2-4,7-8,15,17-18,22H,5-6,9-14H2,1H3,(H,26,27). The maximum absolute atomic E-state index is 12.8. The molecule has 3 unspecified atom stereocenters. The Morgan fingerprint density at radius 3 is 2.66 bits per heavy atom. The number of nitrogens with one attached hydrogen (secondary N) is 1. The molecule has 0 aromatic heterocycles. The van der Waals surface area contributed by atoms with Gasteiger partial charge in [-0.2, -0.15) is 0 Å². The van der Waals surface area contributed by atoms with E-state index in [1.807, 2.05) is 30.3 Å². The molecule has 1 fully saturated rings. The molecule has 3 atom stereocenters. The lowest BCUT2D eigenvalue weighted by molar-refractivity contribution is -0.757. The molecule has 0 bridgehead atoms. The minimum absolute atomic E-state index is 0.0638. The minimum Gasteiger partial charge on any atom is -0.480 e. The molecule has 1 aliphatic rings. The van der Waals surface area contributed by atoms with Gasteiger partial charge in [-0.3, -0.25) is 14.9 Å². The largest absolute Gasteiger partial charge is 0.480 e. The van der Waals surface area contributed by atoms with Crippen LogP contribution < -0.4 is 5.32 Å². The molecule has 1 aromatic carbocycles. The highest BCUT2D eigenvalue weighted by Crippen LogP contribution is 2.19. The number of likely N-dealkylation sites (tertiary alicyclic amines) is 1. The lowest BCUT2D eigenvalue weighted by Crippen LogP contribution is -2.53. The van der Waals surface area contributed by atoms with Crippen LogP contribution in [0.25, 0.3) is 0 Å². The van der Waals surface area contributed by atoms with Crippen LogP contribution in [0.2, 0.25) is 0 Å². The quantitative estimate of drug-likeness (QED) is 0.195. The van der Waals surface area contributed by atoms with Crippen molar-refractivity contribution in [1.29, 1.82) is 0 Å². The zero-order chi connectivity index (χ0) is 23.5. The molecule has 1 saturated heterocycles. The molecule has 11 nitrogen and oxygen atoms in total. The van der Waals surface area contributed by atoms with Crippen molar-refractivity contribution in [2.75, 3.05) is 19.8 Å². The number of benzene rings is 1. The van der Waals surface area contributed by atoms with Gasteiger partial charge in [0.05, 0.1) is 19.3 Å². The molecular weight excluding hydrogens is 422 g/mol. The van der Waals surface area contributed by atoms with E-state index in [1.165, 1.54) is 4.90 Å². The van der Waals surface area contributed by atoms with Gasteiger partial charge in [-0.15, -0.1) is 10.1 Å². The smallest absolute Gasteiger partial charge is 0.326 e. The number of carbonyl (C=O) groups is 3. The summed E-state index contributed by atoms with van der Waals surface area (Å²) in [4.78, 5) is 52.6. The molecule has 0 saturated carbocycles. The number of nitrogens with zero attached hydrogens (tertiary/aromatic N) is 2. The topological polar surface area (TPSA) is 148 Å². The predicted octanol–water partition coefficient (Wildman–Crippen LogP) is 1.18. The number of carbonyl (C=O) groups excluding carboxylic acids is 2. The van der Waals surface area contributed by atoms with E-state index in [-0.39, 0.29) is 25.5 Å². The van der Waals surface area contributed by atoms with Crippen LogP contribution in [-0.2, 0) is 30.4 Å². The number of carboxylic acids is 1. The molecule has 1 heterocycles. The van der Waals surface area contributed by atoms with Gasteiger partial charge in [0, 0.05) is 13.0 Å². The van der Waals surface area contributed by atoms with Crippen molar-refractivity contribution in [2.45, 2.75) is 57.2 Å². The van der Waals surface area contributed by atoms with E-state index in [4.69, 9.17) is 4.74 Å². The molecule has 11 heteroatoms. The summed E-state index contributed by atoms with van der Waals surface area (Å²) in [6.45, 7) is 1.69. The first kappa shape index (κ1) is 25.1. The van der Waals surface area contributed by atoms with Gasteiger partial charge in [-0.1, -0.05) is 30.3 Å². The number of rotatable bonds is 13.